The van der Waals surface area contributed by atoms with Crippen LogP contribution >= 0.6 is 0 Å². The summed E-state index contributed by atoms with van der Waals surface area (Å²) in [5.74, 6) is 1.32. The molecule has 0 aromatic carbocycles. The van der Waals surface area contributed by atoms with Crippen LogP contribution in [0.2, 0.25) is 0 Å². The van der Waals surface area contributed by atoms with Gasteiger partial charge < -0.3 is 20.1 Å². The van der Waals surface area contributed by atoms with E-state index in [-0.39, 0.29) is 51.4 Å². The van der Waals surface area contributed by atoms with Crippen LogP contribution in [0.4, 0.5) is 0 Å². The van der Waals surface area contributed by atoms with Crippen LogP contribution in [0, 0.1) is 62.1 Å². The summed E-state index contributed by atoms with van der Waals surface area (Å²) in [7, 11) is 0. The van der Waals surface area contributed by atoms with Gasteiger partial charge in [-0.15, -0.1) is 0 Å². The number of rotatable bonds is 10. The molecule has 8 nitrogen and oxygen atoms in total. The summed E-state index contributed by atoms with van der Waals surface area (Å²) in [6.07, 6.45) is 9.97. The molecule has 5 fully saturated rings. The number of nitrogens with zero attached hydrogens (tertiary/aromatic N) is 1. The van der Waals surface area contributed by atoms with Crippen LogP contribution in [-0.4, -0.2) is 65.9 Å². The Morgan fingerprint density at radius 3 is 2.25 bits per heavy atom. The second-order valence-corrected chi connectivity index (χ2v) is 20.4. The Labute approximate surface area is 307 Å². The fourth-order valence-electron chi connectivity index (χ4n) is 13.5. The number of ketones is 1. The molecule has 0 bridgehead atoms. The molecule has 1 saturated heterocycles. The highest BCUT2D eigenvalue weighted by molar-refractivity contribution is 6.00. The Balaban J connectivity index is 1.21. The molecule has 1 amide bonds. The van der Waals surface area contributed by atoms with Crippen molar-refractivity contribution in [2.75, 3.05) is 26.2 Å². The minimum absolute atomic E-state index is 0.0394. The highest BCUT2D eigenvalue weighted by Crippen LogP contribution is 2.77. The van der Waals surface area contributed by atoms with Crippen molar-refractivity contribution in [2.24, 2.45) is 62.1 Å². The first-order valence-corrected chi connectivity index (χ1v) is 20.3. The lowest BCUT2D eigenvalue weighted by molar-refractivity contribution is -0.233. The molecule has 6 aliphatic rings. The molecule has 6 rings (SSSR count). The first-order valence-electron chi connectivity index (χ1n) is 20.3. The van der Waals surface area contributed by atoms with Crippen molar-refractivity contribution in [3.05, 3.63) is 11.1 Å². The van der Waals surface area contributed by atoms with E-state index >= 15 is 0 Å². The van der Waals surface area contributed by atoms with Crippen molar-refractivity contribution in [3.8, 4) is 0 Å². The molecule has 286 valence electrons. The minimum atomic E-state index is -1.15. The molecule has 4 saturated carbocycles. The van der Waals surface area contributed by atoms with E-state index in [9.17, 15) is 24.3 Å². The number of nitrogens with one attached hydrogen (secondary N) is 1. The highest BCUT2D eigenvalue weighted by atomic mass is 16.5. The molecule has 2 N–H and O–H groups in total. The van der Waals surface area contributed by atoms with Crippen LogP contribution in [0.25, 0.3) is 0 Å². The Morgan fingerprint density at radius 2 is 1.63 bits per heavy atom. The Bertz CT molecular complexity index is 1470. The van der Waals surface area contributed by atoms with E-state index in [0.717, 1.165) is 83.1 Å². The topological polar surface area (TPSA) is 113 Å². The zero-order chi connectivity index (χ0) is 37.5. The molecule has 8 heteroatoms. The number of amides is 1. The summed E-state index contributed by atoms with van der Waals surface area (Å²) in [6.45, 7) is 25.2. The summed E-state index contributed by atoms with van der Waals surface area (Å²) in [6, 6.07) is 0. The highest BCUT2D eigenvalue weighted by Gasteiger charge is 2.70. The number of esters is 1. The van der Waals surface area contributed by atoms with Crippen LogP contribution in [0.1, 0.15) is 140 Å². The zero-order valence-corrected chi connectivity index (χ0v) is 33.5. The van der Waals surface area contributed by atoms with Crippen LogP contribution in [0.3, 0.4) is 0 Å². The van der Waals surface area contributed by atoms with Crippen molar-refractivity contribution in [1.29, 1.82) is 0 Å². The average Bonchev–Trinajstić information content (AvgIpc) is 3.29. The summed E-state index contributed by atoms with van der Waals surface area (Å²) >= 11 is 0. The molecule has 0 aromatic rings. The average molecular weight is 709 g/mol. The van der Waals surface area contributed by atoms with Gasteiger partial charge in [-0.05, 0) is 124 Å². The van der Waals surface area contributed by atoms with Crippen molar-refractivity contribution in [3.63, 3.8) is 0 Å². The number of hydrogen-bond acceptors (Lipinski definition) is 6. The largest absolute Gasteiger partial charge is 0.481 e. The van der Waals surface area contributed by atoms with Gasteiger partial charge in [-0.25, -0.2) is 0 Å². The maximum atomic E-state index is 14.0. The first kappa shape index (κ1) is 38.5. The number of hydrogen-bond donors (Lipinski definition) is 2. The predicted octanol–water partition coefficient (Wildman–Crippen LogP) is 7.84. The summed E-state index contributed by atoms with van der Waals surface area (Å²) < 4.78 is 6.17. The second kappa shape index (κ2) is 13.0. The lowest BCUT2D eigenvalue weighted by Crippen LogP contribution is -2.65. The van der Waals surface area contributed by atoms with E-state index in [0.29, 0.717) is 35.9 Å². The Hall–Kier alpha value is -2.22. The minimum Gasteiger partial charge on any atom is -0.481 e. The van der Waals surface area contributed by atoms with Gasteiger partial charge in [-0.3, -0.25) is 19.2 Å². The van der Waals surface area contributed by atoms with E-state index in [4.69, 9.17) is 4.74 Å². The van der Waals surface area contributed by atoms with Gasteiger partial charge in [0.2, 0.25) is 5.91 Å². The number of Topliss-reactive ketones (excluding diaryl/α,β-unsaturated/α-hetero) is 1. The van der Waals surface area contributed by atoms with Gasteiger partial charge in [0.15, 0.2) is 5.78 Å². The maximum absolute atomic E-state index is 14.0. The number of carboxylic acids is 1. The third kappa shape index (κ3) is 6.04. The summed E-state index contributed by atoms with van der Waals surface area (Å²) in [5.41, 5.74) is 1.66. The molecule has 1 heterocycles. The molecule has 0 spiro atoms. The van der Waals surface area contributed by atoms with Gasteiger partial charge in [0.05, 0.1) is 11.8 Å². The quantitative estimate of drug-likeness (QED) is 0.176. The number of carbonyl (C=O) groups is 4. The molecule has 0 radical (unpaired) electrons. The third-order valence-corrected chi connectivity index (χ3v) is 16.6. The first-order chi connectivity index (χ1) is 23.6. The van der Waals surface area contributed by atoms with Gasteiger partial charge in [-0.1, -0.05) is 54.0 Å². The third-order valence-electron chi connectivity index (χ3n) is 16.6. The molecular formula is C43H68N2O6. The molecule has 0 aromatic heterocycles. The van der Waals surface area contributed by atoms with E-state index in [1.54, 1.807) is 20.8 Å². The lowest BCUT2D eigenvalue weighted by atomic mass is 9.33. The van der Waals surface area contributed by atoms with Crippen molar-refractivity contribution in [1.82, 2.24) is 10.2 Å². The van der Waals surface area contributed by atoms with E-state index < -0.39 is 17.4 Å². The monoisotopic (exact) mass is 709 g/mol. The van der Waals surface area contributed by atoms with Crippen molar-refractivity contribution >= 4 is 23.6 Å². The maximum Gasteiger partial charge on any atom is 0.309 e. The van der Waals surface area contributed by atoms with Crippen molar-refractivity contribution < 1.29 is 29.0 Å². The smallest absolute Gasteiger partial charge is 0.309 e. The predicted molar refractivity (Wildman–Crippen MR) is 199 cm³/mol. The van der Waals surface area contributed by atoms with E-state index in [2.05, 4.69) is 53.8 Å². The van der Waals surface area contributed by atoms with Gasteiger partial charge in [0.1, 0.15) is 6.10 Å². The number of aliphatic carboxylic acids is 1. The number of carboxylic acid groups (broad SMARTS) is 1. The summed E-state index contributed by atoms with van der Waals surface area (Å²) in [4.78, 5) is 52.3. The molecule has 5 aliphatic carbocycles. The van der Waals surface area contributed by atoms with E-state index in [1.807, 2.05) is 4.90 Å². The van der Waals surface area contributed by atoms with Gasteiger partial charge in [0.25, 0.3) is 0 Å². The molecule has 51 heavy (non-hydrogen) atoms. The normalized spacial score (nSPS) is 39.1. The standard InChI is InChI=1S/C43H68N2O6/c1-26(2)35-30(47)21-43(19-20-44-23-28-24-45(25-28)27(3)46)18-17-41(9)29(36(35)43)11-12-32-40(8)15-14-33(51-34(48)22-38(4,5)37(49)50)39(6,7)31(40)13-16-42(32,41)10/h26,28-29,31-33,44H,11-25H2,1-10H3,(H,49,50)/t29-,31+,32?,33+,40+,41-,42-,43?/m1/s1. The van der Waals surface area contributed by atoms with Gasteiger partial charge >= 0.3 is 11.9 Å². The Morgan fingerprint density at radius 1 is 0.941 bits per heavy atom. The number of allylic oxidation sites excluding steroid dienone is 2. The van der Waals surface area contributed by atoms with Gasteiger partial charge in [-0.2, -0.15) is 0 Å². The second-order valence-electron chi connectivity index (χ2n) is 20.4. The van der Waals surface area contributed by atoms with Crippen LogP contribution in [0.15, 0.2) is 11.1 Å². The SMILES string of the molecule is CC(=O)N1CC(CNCCC23CC[C@]4(C)[C@H](CCC5[C@@]6(C)CC[C@H](OC(=O)CC(C)(C)C(=O)O)C(C)(C)[C@@H]6CC[C@]54C)C2=C(C(C)C)C(=O)C3)C1. The van der Waals surface area contributed by atoms with Crippen LogP contribution < -0.4 is 5.32 Å². The molecule has 8 atom stereocenters. The molecule has 1 aliphatic heterocycles. The Kier molecular flexibility index (Phi) is 9.79. The number of fused-ring (bicyclic) bond motifs is 7. The number of likely N-dealkylation sites (tertiary alicyclic amines) is 1. The van der Waals surface area contributed by atoms with Crippen LogP contribution in [0.5, 0.6) is 0 Å². The lowest BCUT2D eigenvalue weighted by Gasteiger charge is -2.72. The van der Waals surface area contributed by atoms with E-state index in [1.165, 1.54) is 12.0 Å². The number of ether oxygens (including phenoxy) is 1. The van der Waals surface area contributed by atoms with Crippen LogP contribution in [-0.2, 0) is 23.9 Å². The van der Waals surface area contributed by atoms with Crippen molar-refractivity contribution in [2.45, 2.75) is 146 Å². The fraction of sp³-hybridized carbons (Fsp3) is 0.860. The molecule has 2 unspecified atom stereocenters. The number of carbonyl (C=O) groups excluding carboxylic acids is 3. The fourth-order valence-corrected chi connectivity index (χ4v) is 13.5. The zero-order valence-electron chi connectivity index (χ0n) is 33.5. The van der Waals surface area contributed by atoms with Gasteiger partial charge in [0, 0.05) is 49.7 Å². The molecular weight excluding hydrogens is 640 g/mol. The summed E-state index contributed by atoms with van der Waals surface area (Å²) in [5, 5.41) is 13.3.